The molecule has 0 N–H and O–H groups in total. The number of carbonyl (C=O) groups is 1. The van der Waals surface area contributed by atoms with E-state index in [4.69, 9.17) is 5.26 Å². The molecule has 0 aliphatic heterocycles. The average Bonchev–Trinajstić information content (AvgIpc) is 2.31. The van der Waals surface area contributed by atoms with Crippen molar-refractivity contribution in [2.45, 2.75) is 12.8 Å². The fourth-order valence-electron chi connectivity index (χ4n) is 1.53. The lowest BCUT2D eigenvalue weighted by Gasteiger charge is -2.24. The Kier molecular flexibility index (Phi) is 8.37. The molecule has 0 saturated carbocycles. The van der Waals surface area contributed by atoms with E-state index in [-0.39, 0.29) is 18.9 Å². The maximum atomic E-state index is 12.1. The molecule has 0 radical (unpaired) electrons. The first-order valence-electron chi connectivity index (χ1n) is 6.39. The van der Waals surface area contributed by atoms with Crippen LogP contribution in [0.1, 0.15) is 12.8 Å². The quantitative estimate of drug-likeness (QED) is 0.577. The Balaban J connectivity index is 4.52. The zero-order chi connectivity index (χ0) is 15.8. The molecule has 0 saturated heterocycles. The van der Waals surface area contributed by atoms with Gasteiger partial charge in [0.25, 0.3) is 0 Å². The van der Waals surface area contributed by atoms with Crippen LogP contribution in [0.15, 0.2) is 0 Å². The number of nitrogens with zero attached hydrogens (tertiary/aromatic N) is 4. The zero-order valence-corrected chi connectivity index (χ0v) is 13.5. The summed E-state index contributed by atoms with van der Waals surface area (Å²) in [6.07, 6.45) is 2.09. The molecule has 0 bridgehead atoms. The number of likely N-dealkylation sites (N-methyl/N-ethyl adjacent to an activating group) is 1. The maximum Gasteiger partial charge on any atom is 0.237 e. The second-order valence-electron chi connectivity index (χ2n) is 4.96. The highest BCUT2D eigenvalue weighted by Gasteiger charge is 2.19. The molecule has 0 aromatic heterocycles. The molecular formula is C12H24N4O3S. The van der Waals surface area contributed by atoms with Crippen LogP contribution in [-0.4, -0.2) is 82.0 Å². The summed E-state index contributed by atoms with van der Waals surface area (Å²) < 4.78 is 23.6. The third-order valence-electron chi connectivity index (χ3n) is 2.80. The van der Waals surface area contributed by atoms with E-state index in [1.165, 1.54) is 7.05 Å². The van der Waals surface area contributed by atoms with Crippen molar-refractivity contribution >= 4 is 15.9 Å². The van der Waals surface area contributed by atoms with Crippen molar-refractivity contribution in [3.05, 3.63) is 0 Å². The van der Waals surface area contributed by atoms with Gasteiger partial charge in [-0.05, 0) is 27.1 Å². The monoisotopic (exact) mass is 304 g/mol. The fraction of sp³-hybridized carbons (Fsp3) is 0.833. The molecule has 8 heteroatoms. The van der Waals surface area contributed by atoms with Crippen molar-refractivity contribution < 1.29 is 13.2 Å². The standard InChI is InChI=1S/C12H24N4O3S/c1-14(2)8-6-10-16(9-5-7-13)12(17)11-15(3)20(4,18)19/h5-6,8-11H2,1-4H3. The second kappa shape index (κ2) is 8.89. The van der Waals surface area contributed by atoms with Crippen LogP contribution in [0, 0.1) is 11.3 Å². The molecule has 0 atom stereocenters. The van der Waals surface area contributed by atoms with E-state index in [1.807, 2.05) is 25.1 Å². The average molecular weight is 304 g/mol. The molecule has 0 spiro atoms. The number of rotatable bonds is 9. The Morgan fingerprint density at radius 1 is 1.15 bits per heavy atom. The first-order chi connectivity index (χ1) is 9.18. The van der Waals surface area contributed by atoms with Crippen molar-refractivity contribution in [2.75, 3.05) is 53.6 Å². The predicted octanol–water partition coefficient (Wildman–Crippen LogP) is -0.428. The van der Waals surface area contributed by atoms with Gasteiger partial charge < -0.3 is 9.80 Å². The van der Waals surface area contributed by atoms with E-state index < -0.39 is 10.0 Å². The summed E-state index contributed by atoms with van der Waals surface area (Å²) in [5.74, 6) is -0.271. The Bertz CT molecular complexity index is 442. The molecule has 0 rings (SSSR count). The number of nitriles is 1. The smallest absolute Gasteiger partial charge is 0.237 e. The van der Waals surface area contributed by atoms with E-state index in [0.717, 1.165) is 23.5 Å². The van der Waals surface area contributed by atoms with Gasteiger partial charge in [-0.25, -0.2) is 8.42 Å². The normalized spacial score (nSPS) is 11.7. The third-order valence-corrected chi connectivity index (χ3v) is 4.07. The molecule has 0 aliphatic rings. The van der Waals surface area contributed by atoms with Gasteiger partial charge in [0.15, 0.2) is 0 Å². The SMILES string of the molecule is CN(C)CCCN(CCC#N)C(=O)CN(C)S(C)(=O)=O. The molecule has 0 aromatic carbocycles. The molecule has 7 nitrogen and oxygen atoms in total. The predicted molar refractivity (Wildman–Crippen MR) is 77.5 cm³/mol. The van der Waals surface area contributed by atoms with Crippen LogP contribution in [0.4, 0.5) is 0 Å². The largest absolute Gasteiger partial charge is 0.340 e. The van der Waals surface area contributed by atoms with Gasteiger partial charge in [0, 0.05) is 20.1 Å². The Morgan fingerprint density at radius 3 is 2.20 bits per heavy atom. The number of carbonyl (C=O) groups excluding carboxylic acids is 1. The van der Waals surface area contributed by atoms with Crippen molar-refractivity contribution in [3.8, 4) is 6.07 Å². The van der Waals surface area contributed by atoms with E-state index >= 15 is 0 Å². The van der Waals surface area contributed by atoms with Crippen LogP contribution in [0.5, 0.6) is 0 Å². The summed E-state index contributed by atoms with van der Waals surface area (Å²) in [7, 11) is 1.88. The fourth-order valence-corrected chi connectivity index (χ4v) is 1.88. The van der Waals surface area contributed by atoms with Crippen molar-refractivity contribution in [2.24, 2.45) is 0 Å². The van der Waals surface area contributed by atoms with E-state index in [2.05, 4.69) is 0 Å². The minimum absolute atomic E-state index is 0.188. The molecule has 20 heavy (non-hydrogen) atoms. The van der Waals surface area contributed by atoms with Gasteiger partial charge in [-0.2, -0.15) is 9.57 Å². The third kappa shape index (κ3) is 8.09. The molecule has 0 aliphatic carbocycles. The highest BCUT2D eigenvalue weighted by atomic mass is 32.2. The highest BCUT2D eigenvalue weighted by Crippen LogP contribution is 2.00. The van der Waals surface area contributed by atoms with Gasteiger partial charge in [0.2, 0.25) is 15.9 Å². The van der Waals surface area contributed by atoms with Crippen LogP contribution in [-0.2, 0) is 14.8 Å². The van der Waals surface area contributed by atoms with Gasteiger partial charge in [-0.15, -0.1) is 0 Å². The minimum Gasteiger partial charge on any atom is -0.340 e. The topological polar surface area (TPSA) is 84.7 Å². The van der Waals surface area contributed by atoms with Crippen molar-refractivity contribution in [1.82, 2.24) is 14.1 Å². The highest BCUT2D eigenvalue weighted by molar-refractivity contribution is 7.88. The molecule has 0 unspecified atom stereocenters. The molecule has 1 amide bonds. The van der Waals surface area contributed by atoms with Gasteiger partial charge in [-0.1, -0.05) is 0 Å². The van der Waals surface area contributed by atoms with Crippen LogP contribution in [0.2, 0.25) is 0 Å². The van der Waals surface area contributed by atoms with Crippen molar-refractivity contribution in [1.29, 1.82) is 5.26 Å². The Labute approximate surface area is 121 Å². The van der Waals surface area contributed by atoms with E-state index in [9.17, 15) is 13.2 Å². The van der Waals surface area contributed by atoms with Crippen molar-refractivity contribution in [3.63, 3.8) is 0 Å². The summed E-state index contributed by atoms with van der Waals surface area (Å²) in [6.45, 7) is 1.50. The first kappa shape index (κ1) is 18.8. The van der Waals surface area contributed by atoms with Gasteiger partial charge in [0.1, 0.15) is 0 Å². The number of hydrogen-bond donors (Lipinski definition) is 0. The van der Waals surface area contributed by atoms with E-state index in [0.29, 0.717) is 13.1 Å². The number of amides is 1. The first-order valence-corrected chi connectivity index (χ1v) is 8.24. The van der Waals surface area contributed by atoms with Crippen LogP contribution < -0.4 is 0 Å². The molecule has 0 fully saturated rings. The van der Waals surface area contributed by atoms with Crippen LogP contribution in [0.3, 0.4) is 0 Å². The lowest BCUT2D eigenvalue weighted by atomic mass is 10.3. The summed E-state index contributed by atoms with van der Waals surface area (Å²) in [5, 5.41) is 8.62. The summed E-state index contributed by atoms with van der Waals surface area (Å²) in [5.41, 5.74) is 0. The zero-order valence-electron chi connectivity index (χ0n) is 12.7. The summed E-state index contributed by atoms with van der Waals surface area (Å²) in [6, 6.07) is 2.00. The molecule has 0 heterocycles. The summed E-state index contributed by atoms with van der Waals surface area (Å²) >= 11 is 0. The van der Waals surface area contributed by atoms with Gasteiger partial charge in [0.05, 0.1) is 25.3 Å². The maximum absolute atomic E-state index is 12.1. The van der Waals surface area contributed by atoms with Gasteiger partial charge in [-0.3, -0.25) is 4.79 Å². The molecule has 0 aromatic rings. The second-order valence-corrected chi connectivity index (χ2v) is 7.05. The number of hydrogen-bond acceptors (Lipinski definition) is 5. The number of sulfonamides is 1. The Hall–Kier alpha value is -1.17. The Morgan fingerprint density at radius 2 is 1.75 bits per heavy atom. The molecular weight excluding hydrogens is 280 g/mol. The minimum atomic E-state index is -3.37. The van der Waals surface area contributed by atoms with E-state index in [1.54, 1.807) is 4.90 Å². The van der Waals surface area contributed by atoms with Crippen LogP contribution in [0.25, 0.3) is 0 Å². The van der Waals surface area contributed by atoms with Gasteiger partial charge >= 0.3 is 0 Å². The lowest BCUT2D eigenvalue weighted by molar-refractivity contribution is -0.131. The lowest BCUT2D eigenvalue weighted by Crippen LogP contribution is -2.42. The summed E-state index contributed by atoms with van der Waals surface area (Å²) in [4.78, 5) is 15.6. The molecule has 116 valence electrons. The van der Waals surface area contributed by atoms with Crippen LogP contribution >= 0.6 is 0 Å².